The number of benzene rings is 1. The summed E-state index contributed by atoms with van der Waals surface area (Å²) in [7, 11) is 0. The van der Waals surface area contributed by atoms with Crippen LogP contribution >= 0.6 is 23.4 Å². The van der Waals surface area contributed by atoms with Gasteiger partial charge >= 0.3 is 0 Å². The Bertz CT molecular complexity index is 874. The highest BCUT2D eigenvalue weighted by atomic mass is 35.5. The van der Waals surface area contributed by atoms with Gasteiger partial charge in [-0.1, -0.05) is 11.6 Å². The molecule has 1 aliphatic heterocycles. The Morgan fingerprint density at radius 3 is 2.70 bits per heavy atom. The fourth-order valence-corrected chi connectivity index (χ4v) is 2.81. The van der Waals surface area contributed by atoms with Crippen LogP contribution in [0.3, 0.4) is 0 Å². The highest BCUT2D eigenvalue weighted by Crippen LogP contribution is 2.34. The zero-order chi connectivity index (χ0) is 16.6. The van der Waals surface area contributed by atoms with E-state index < -0.39 is 16.1 Å². The maximum absolute atomic E-state index is 11.5. The van der Waals surface area contributed by atoms with Gasteiger partial charge in [0.25, 0.3) is 16.8 Å². The van der Waals surface area contributed by atoms with Crippen molar-refractivity contribution in [3.8, 4) is 11.3 Å². The second kappa shape index (κ2) is 5.90. The molecule has 23 heavy (non-hydrogen) atoms. The maximum atomic E-state index is 11.5. The van der Waals surface area contributed by atoms with Gasteiger partial charge in [-0.2, -0.15) is 0 Å². The van der Waals surface area contributed by atoms with Crippen LogP contribution in [-0.2, 0) is 4.79 Å². The molecule has 1 aliphatic rings. The van der Waals surface area contributed by atoms with Crippen LogP contribution in [0, 0.1) is 10.1 Å². The molecular formula is C14H7ClN2O5S. The van der Waals surface area contributed by atoms with E-state index in [9.17, 15) is 19.7 Å². The second-order valence-electron chi connectivity index (χ2n) is 4.48. The van der Waals surface area contributed by atoms with E-state index in [1.54, 1.807) is 12.1 Å². The Morgan fingerprint density at radius 1 is 1.26 bits per heavy atom. The number of nitrogens with zero attached hydrogens (tertiary/aromatic N) is 1. The quantitative estimate of drug-likeness (QED) is 0.512. The van der Waals surface area contributed by atoms with E-state index in [1.807, 2.05) is 0 Å². The minimum absolute atomic E-state index is 0.114. The second-order valence-corrected chi connectivity index (χ2v) is 5.90. The summed E-state index contributed by atoms with van der Waals surface area (Å²) >= 11 is 6.82. The number of hydrogen-bond donors (Lipinski definition) is 1. The average Bonchev–Trinajstić information content (AvgIpc) is 3.06. The standard InChI is InChI=1S/C14H7ClN2O5S/c15-10-3-1-7(17(20)21)5-9(10)11-4-2-8(22-11)6-12-13(18)16-14(19)23-12/h1-6H,(H,16,18,19)/b12-6+. The van der Waals surface area contributed by atoms with Crippen molar-refractivity contribution >= 4 is 46.3 Å². The van der Waals surface area contributed by atoms with E-state index in [2.05, 4.69) is 5.32 Å². The summed E-state index contributed by atoms with van der Waals surface area (Å²) in [6.45, 7) is 0. The van der Waals surface area contributed by atoms with Crippen LogP contribution in [0.1, 0.15) is 5.76 Å². The molecule has 1 aromatic carbocycles. The van der Waals surface area contributed by atoms with Gasteiger partial charge in [0.15, 0.2) is 0 Å². The predicted octanol–water partition coefficient (Wildman–Crippen LogP) is 3.83. The van der Waals surface area contributed by atoms with Gasteiger partial charge in [0.1, 0.15) is 11.5 Å². The summed E-state index contributed by atoms with van der Waals surface area (Å²) in [5.41, 5.74) is 0.252. The van der Waals surface area contributed by atoms with Crippen LogP contribution in [0.15, 0.2) is 39.7 Å². The minimum Gasteiger partial charge on any atom is -0.457 e. The SMILES string of the molecule is O=C1NC(=O)/C(=C\c2ccc(-c3cc([N+](=O)[O-])ccc3Cl)o2)S1. The van der Waals surface area contributed by atoms with Gasteiger partial charge in [-0.05, 0) is 30.0 Å². The van der Waals surface area contributed by atoms with Crippen molar-refractivity contribution in [3.63, 3.8) is 0 Å². The van der Waals surface area contributed by atoms with Crippen LogP contribution in [-0.4, -0.2) is 16.1 Å². The first-order chi connectivity index (χ1) is 10.9. The normalized spacial score (nSPS) is 16.0. The molecule has 2 heterocycles. The summed E-state index contributed by atoms with van der Waals surface area (Å²) in [5, 5.41) is 12.8. The minimum atomic E-state index is -0.531. The van der Waals surface area contributed by atoms with Gasteiger partial charge in [-0.15, -0.1) is 0 Å². The van der Waals surface area contributed by atoms with Crippen LogP contribution < -0.4 is 5.32 Å². The number of nitro groups is 1. The number of nitrogens with one attached hydrogen (secondary N) is 1. The first-order valence-corrected chi connectivity index (χ1v) is 7.42. The third-order valence-corrected chi connectivity index (χ3v) is 4.11. The van der Waals surface area contributed by atoms with Crippen molar-refractivity contribution in [2.75, 3.05) is 0 Å². The number of amides is 2. The fraction of sp³-hybridized carbons (Fsp3) is 0. The Balaban J connectivity index is 1.95. The molecular weight excluding hydrogens is 344 g/mol. The molecule has 116 valence electrons. The third-order valence-electron chi connectivity index (χ3n) is 2.97. The molecule has 1 aromatic heterocycles. The molecule has 0 atom stereocenters. The topological polar surface area (TPSA) is 102 Å². The molecule has 0 unspecified atom stereocenters. The molecule has 7 nitrogen and oxygen atoms in total. The van der Waals surface area contributed by atoms with E-state index >= 15 is 0 Å². The highest BCUT2D eigenvalue weighted by molar-refractivity contribution is 8.18. The Morgan fingerprint density at radius 2 is 2.04 bits per heavy atom. The number of hydrogen-bond acceptors (Lipinski definition) is 6. The van der Waals surface area contributed by atoms with Crippen molar-refractivity contribution in [2.45, 2.75) is 0 Å². The molecule has 0 radical (unpaired) electrons. The Labute approximate surface area is 138 Å². The summed E-state index contributed by atoms with van der Waals surface area (Å²) in [6, 6.07) is 7.17. The third kappa shape index (κ3) is 3.13. The zero-order valence-corrected chi connectivity index (χ0v) is 12.8. The number of imide groups is 1. The number of carbonyl (C=O) groups is 2. The summed E-state index contributed by atoms with van der Waals surface area (Å²) in [4.78, 5) is 33.1. The maximum Gasteiger partial charge on any atom is 0.290 e. The summed E-state index contributed by atoms with van der Waals surface area (Å²) in [5.74, 6) is 0.154. The van der Waals surface area contributed by atoms with Crippen LogP contribution in [0.2, 0.25) is 5.02 Å². The number of non-ortho nitro benzene ring substituents is 1. The number of furan rings is 1. The van der Waals surface area contributed by atoms with Crippen LogP contribution in [0.25, 0.3) is 17.4 Å². The van der Waals surface area contributed by atoms with Gasteiger partial charge in [-0.25, -0.2) is 0 Å². The first-order valence-electron chi connectivity index (χ1n) is 6.23. The lowest BCUT2D eigenvalue weighted by Gasteiger charge is -2.00. The Hall–Kier alpha value is -2.58. The zero-order valence-electron chi connectivity index (χ0n) is 11.2. The van der Waals surface area contributed by atoms with Gasteiger partial charge in [0.05, 0.1) is 14.9 Å². The number of thioether (sulfide) groups is 1. The molecule has 0 bridgehead atoms. The summed E-state index contributed by atoms with van der Waals surface area (Å²) < 4.78 is 5.54. The first kappa shape index (κ1) is 15.3. The van der Waals surface area contributed by atoms with Crippen LogP contribution in [0.4, 0.5) is 10.5 Å². The monoisotopic (exact) mass is 350 g/mol. The van der Waals surface area contributed by atoms with E-state index in [0.29, 0.717) is 22.1 Å². The Kier molecular flexibility index (Phi) is 3.93. The van der Waals surface area contributed by atoms with Crippen molar-refractivity contribution < 1.29 is 18.9 Å². The lowest BCUT2D eigenvalue weighted by molar-refractivity contribution is -0.384. The summed E-state index contributed by atoms with van der Waals surface area (Å²) in [6.07, 6.45) is 1.42. The molecule has 2 amide bonds. The molecule has 1 N–H and O–H groups in total. The smallest absolute Gasteiger partial charge is 0.290 e. The van der Waals surface area contributed by atoms with Gasteiger partial charge in [0, 0.05) is 23.8 Å². The van der Waals surface area contributed by atoms with E-state index in [1.165, 1.54) is 24.3 Å². The molecule has 2 aromatic rings. The molecule has 0 spiro atoms. The lowest BCUT2D eigenvalue weighted by atomic mass is 10.1. The largest absolute Gasteiger partial charge is 0.457 e. The molecule has 3 rings (SSSR count). The number of nitro benzene ring substituents is 1. The highest BCUT2D eigenvalue weighted by Gasteiger charge is 2.25. The van der Waals surface area contributed by atoms with Crippen molar-refractivity contribution in [1.29, 1.82) is 0 Å². The predicted molar refractivity (Wildman–Crippen MR) is 84.9 cm³/mol. The van der Waals surface area contributed by atoms with E-state index in [0.717, 1.165) is 11.8 Å². The number of halogens is 1. The van der Waals surface area contributed by atoms with Gasteiger partial charge in [0.2, 0.25) is 0 Å². The average molecular weight is 351 g/mol. The number of rotatable bonds is 3. The van der Waals surface area contributed by atoms with Gasteiger partial charge < -0.3 is 4.42 Å². The van der Waals surface area contributed by atoms with Crippen LogP contribution in [0.5, 0.6) is 0 Å². The van der Waals surface area contributed by atoms with Crippen molar-refractivity contribution in [2.24, 2.45) is 0 Å². The van der Waals surface area contributed by atoms with E-state index in [-0.39, 0.29) is 10.6 Å². The molecule has 0 saturated carbocycles. The lowest BCUT2D eigenvalue weighted by Crippen LogP contribution is -2.17. The van der Waals surface area contributed by atoms with E-state index in [4.69, 9.17) is 16.0 Å². The molecule has 0 aliphatic carbocycles. The molecule has 9 heteroatoms. The number of carbonyl (C=O) groups excluding carboxylic acids is 2. The fourth-order valence-electron chi connectivity index (χ4n) is 1.94. The van der Waals surface area contributed by atoms with Gasteiger partial charge in [-0.3, -0.25) is 25.0 Å². The van der Waals surface area contributed by atoms with Crippen molar-refractivity contribution in [3.05, 3.63) is 56.1 Å². The van der Waals surface area contributed by atoms with Crippen molar-refractivity contribution in [1.82, 2.24) is 5.32 Å². The molecule has 1 fully saturated rings. The molecule has 1 saturated heterocycles.